The number of carbonyl (C=O) groups excluding carboxylic acids is 1. The zero-order valence-corrected chi connectivity index (χ0v) is 12.0. The third-order valence-corrected chi connectivity index (χ3v) is 4.19. The molecule has 1 aromatic carbocycles. The topological polar surface area (TPSA) is 34.4 Å². The highest BCUT2D eigenvalue weighted by atomic mass is 79.9. The smallest absolute Gasteiger partial charge is 0.194 e. The van der Waals surface area contributed by atoms with Crippen LogP contribution in [0.15, 0.2) is 34.1 Å². The van der Waals surface area contributed by atoms with E-state index < -0.39 is 0 Å². The van der Waals surface area contributed by atoms with Crippen LogP contribution in [0.4, 0.5) is 0 Å². The summed E-state index contributed by atoms with van der Waals surface area (Å²) in [6.07, 6.45) is 0.865. The van der Waals surface area contributed by atoms with Gasteiger partial charge in [0.05, 0.1) is 11.4 Å². The Morgan fingerprint density at radius 3 is 2.72 bits per heavy atom. The molecule has 0 fully saturated rings. The SMILES string of the molecule is Cc1nc2scc(-c3ccc(Br)cc3)n2c1C=O. The van der Waals surface area contributed by atoms with E-state index in [1.54, 1.807) is 11.3 Å². The van der Waals surface area contributed by atoms with Gasteiger partial charge in [0.15, 0.2) is 11.2 Å². The summed E-state index contributed by atoms with van der Waals surface area (Å²) in [5, 5.41) is 2.03. The molecule has 0 aliphatic heterocycles. The molecule has 2 heterocycles. The molecule has 0 radical (unpaired) electrons. The standard InChI is InChI=1S/C13H9BrN2OS/c1-8-11(6-17)16-12(7-18-13(16)15-8)9-2-4-10(14)5-3-9/h2-7H,1H3. The van der Waals surface area contributed by atoms with E-state index in [1.807, 2.05) is 41.0 Å². The Morgan fingerprint density at radius 1 is 1.33 bits per heavy atom. The second kappa shape index (κ2) is 4.33. The summed E-state index contributed by atoms with van der Waals surface area (Å²) in [6, 6.07) is 8.03. The van der Waals surface area contributed by atoms with Gasteiger partial charge >= 0.3 is 0 Å². The lowest BCUT2D eigenvalue weighted by atomic mass is 10.2. The Kier molecular flexibility index (Phi) is 2.80. The van der Waals surface area contributed by atoms with Gasteiger partial charge in [-0.3, -0.25) is 9.20 Å². The molecular weight excluding hydrogens is 312 g/mol. The summed E-state index contributed by atoms with van der Waals surface area (Å²) >= 11 is 4.96. The summed E-state index contributed by atoms with van der Waals surface area (Å²) in [6.45, 7) is 1.86. The van der Waals surface area contributed by atoms with Crippen LogP contribution in [0.5, 0.6) is 0 Å². The predicted octanol–water partition coefficient (Wildman–Crippen LogP) is 3.95. The number of thiazole rings is 1. The predicted molar refractivity (Wildman–Crippen MR) is 76.3 cm³/mol. The van der Waals surface area contributed by atoms with Crippen molar-refractivity contribution in [2.75, 3.05) is 0 Å². The first-order valence-corrected chi connectivity index (χ1v) is 7.05. The molecule has 0 N–H and O–H groups in total. The maximum absolute atomic E-state index is 11.2. The molecular formula is C13H9BrN2OS. The van der Waals surface area contributed by atoms with Crippen molar-refractivity contribution in [3.8, 4) is 11.3 Å². The summed E-state index contributed by atoms with van der Waals surface area (Å²) in [4.78, 5) is 16.4. The van der Waals surface area contributed by atoms with Gasteiger partial charge < -0.3 is 0 Å². The van der Waals surface area contributed by atoms with E-state index in [-0.39, 0.29) is 0 Å². The Bertz CT molecular complexity index is 727. The number of hydrogen-bond acceptors (Lipinski definition) is 3. The lowest BCUT2D eigenvalue weighted by molar-refractivity contribution is 0.111. The maximum Gasteiger partial charge on any atom is 0.194 e. The molecule has 0 saturated heterocycles. The van der Waals surface area contributed by atoms with E-state index >= 15 is 0 Å². The molecule has 5 heteroatoms. The summed E-state index contributed by atoms with van der Waals surface area (Å²) in [5.41, 5.74) is 3.48. The lowest BCUT2D eigenvalue weighted by Crippen LogP contribution is -1.93. The number of aldehydes is 1. The van der Waals surface area contributed by atoms with E-state index in [1.165, 1.54) is 0 Å². The van der Waals surface area contributed by atoms with Gasteiger partial charge in [-0.2, -0.15) is 0 Å². The van der Waals surface area contributed by atoms with Crippen molar-refractivity contribution in [1.82, 2.24) is 9.38 Å². The highest BCUT2D eigenvalue weighted by Gasteiger charge is 2.14. The number of fused-ring (bicyclic) bond motifs is 1. The van der Waals surface area contributed by atoms with Crippen molar-refractivity contribution in [2.24, 2.45) is 0 Å². The number of halogens is 1. The van der Waals surface area contributed by atoms with Crippen LogP contribution in [-0.4, -0.2) is 15.7 Å². The van der Waals surface area contributed by atoms with Crippen LogP contribution in [0.3, 0.4) is 0 Å². The molecule has 0 aliphatic carbocycles. The third kappa shape index (κ3) is 1.71. The van der Waals surface area contributed by atoms with Gasteiger partial charge in [0, 0.05) is 9.85 Å². The van der Waals surface area contributed by atoms with Gasteiger partial charge in [-0.25, -0.2) is 4.98 Å². The normalized spacial score (nSPS) is 11.0. The van der Waals surface area contributed by atoms with E-state index in [0.717, 1.165) is 32.7 Å². The molecule has 3 nitrogen and oxygen atoms in total. The number of benzene rings is 1. The zero-order valence-electron chi connectivity index (χ0n) is 9.55. The first kappa shape index (κ1) is 11.6. The van der Waals surface area contributed by atoms with Crippen molar-refractivity contribution in [2.45, 2.75) is 6.92 Å². The maximum atomic E-state index is 11.2. The largest absolute Gasteiger partial charge is 0.296 e. The second-order valence-electron chi connectivity index (χ2n) is 3.95. The van der Waals surface area contributed by atoms with Crippen molar-refractivity contribution in [3.05, 3.63) is 45.5 Å². The zero-order chi connectivity index (χ0) is 12.7. The van der Waals surface area contributed by atoms with E-state index in [0.29, 0.717) is 5.69 Å². The molecule has 0 atom stereocenters. The summed E-state index contributed by atoms with van der Waals surface area (Å²) in [7, 11) is 0. The minimum absolute atomic E-state index is 0.629. The molecule has 3 rings (SSSR count). The molecule has 0 saturated carbocycles. The minimum atomic E-state index is 0.629. The van der Waals surface area contributed by atoms with Crippen molar-refractivity contribution in [3.63, 3.8) is 0 Å². The van der Waals surface area contributed by atoms with Crippen molar-refractivity contribution < 1.29 is 4.79 Å². The molecule has 18 heavy (non-hydrogen) atoms. The van der Waals surface area contributed by atoms with Crippen molar-refractivity contribution in [1.29, 1.82) is 0 Å². The number of rotatable bonds is 2. The fraction of sp³-hybridized carbons (Fsp3) is 0.0769. The van der Waals surface area contributed by atoms with Gasteiger partial charge in [0.1, 0.15) is 5.69 Å². The molecule has 0 unspecified atom stereocenters. The second-order valence-corrected chi connectivity index (χ2v) is 5.70. The fourth-order valence-corrected chi connectivity index (χ4v) is 3.16. The van der Waals surface area contributed by atoms with Gasteiger partial charge in [-0.15, -0.1) is 11.3 Å². The molecule has 2 aromatic heterocycles. The third-order valence-electron chi connectivity index (χ3n) is 2.83. The average Bonchev–Trinajstić information content (AvgIpc) is 2.88. The Morgan fingerprint density at radius 2 is 2.06 bits per heavy atom. The average molecular weight is 321 g/mol. The van der Waals surface area contributed by atoms with E-state index in [9.17, 15) is 4.79 Å². The Balaban J connectivity index is 2.29. The molecule has 0 aliphatic rings. The first-order valence-electron chi connectivity index (χ1n) is 5.38. The quantitative estimate of drug-likeness (QED) is 0.670. The van der Waals surface area contributed by atoms with Gasteiger partial charge in [-0.1, -0.05) is 28.1 Å². The Hall–Kier alpha value is -1.46. The fourth-order valence-electron chi connectivity index (χ4n) is 1.94. The number of aromatic nitrogens is 2. The molecule has 0 spiro atoms. The number of aryl methyl sites for hydroxylation is 1. The number of carbonyl (C=O) groups is 1. The number of imidazole rings is 1. The highest BCUT2D eigenvalue weighted by Crippen LogP contribution is 2.29. The number of nitrogens with zero attached hydrogens (tertiary/aromatic N) is 2. The van der Waals surface area contributed by atoms with E-state index in [4.69, 9.17) is 0 Å². The van der Waals surface area contributed by atoms with Crippen LogP contribution in [0, 0.1) is 6.92 Å². The van der Waals surface area contributed by atoms with Gasteiger partial charge in [0.25, 0.3) is 0 Å². The summed E-state index contributed by atoms with van der Waals surface area (Å²) < 4.78 is 2.95. The summed E-state index contributed by atoms with van der Waals surface area (Å²) in [5.74, 6) is 0. The number of hydrogen-bond donors (Lipinski definition) is 0. The van der Waals surface area contributed by atoms with Crippen LogP contribution >= 0.6 is 27.3 Å². The lowest BCUT2D eigenvalue weighted by Gasteiger charge is -2.01. The minimum Gasteiger partial charge on any atom is -0.296 e. The van der Waals surface area contributed by atoms with Crippen LogP contribution in [0.25, 0.3) is 16.2 Å². The Labute approximate surface area is 116 Å². The van der Waals surface area contributed by atoms with Crippen LogP contribution in [0.2, 0.25) is 0 Å². The van der Waals surface area contributed by atoms with Crippen LogP contribution < -0.4 is 0 Å². The van der Waals surface area contributed by atoms with Crippen LogP contribution in [0.1, 0.15) is 16.2 Å². The molecule has 3 aromatic rings. The van der Waals surface area contributed by atoms with Gasteiger partial charge in [0.2, 0.25) is 0 Å². The van der Waals surface area contributed by atoms with Gasteiger partial charge in [-0.05, 0) is 24.6 Å². The van der Waals surface area contributed by atoms with Crippen molar-refractivity contribution >= 4 is 38.5 Å². The molecule has 90 valence electrons. The highest BCUT2D eigenvalue weighted by molar-refractivity contribution is 9.10. The first-order chi connectivity index (χ1) is 8.70. The monoisotopic (exact) mass is 320 g/mol. The molecule has 0 amide bonds. The molecule has 0 bridgehead atoms. The van der Waals surface area contributed by atoms with E-state index in [2.05, 4.69) is 20.9 Å². The van der Waals surface area contributed by atoms with Crippen LogP contribution in [-0.2, 0) is 0 Å².